The van der Waals surface area contributed by atoms with Crippen LogP contribution in [-0.4, -0.2) is 13.5 Å². The van der Waals surface area contributed by atoms with Crippen LogP contribution in [0.15, 0.2) is 0 Å². The van der Waals surface area contributed by atoms with Crippen LogP contribution >= 0.6 is 46.4 Å². The minimum Gasteiger partial charge on any atom is -0.328 e. The van der Waals surface area contributed by atoms with Crippen molar-refractivity contribution in [2.24, 2.45) is 0 Å². The lowest BCUT2D eigenvalue weighted by atomic mass is 11.8. The average molecular weight is 217 g/mol. The molecule has 9 heavy (non-hydrogen) atoms. The molecule has 0 saturated carbocycles. The Bertz CT molecular complexity index is 78.3. The fourth-order valence-corrected chi connectivity index (χ4v) is 0. The second kappa shape index (κ2) is 5.17. The molecule has 0 aromatic carbocycles. The molecule has 0 aliphatic carbocycles. The van der Waals surface area contributed by atoms with Crippen LogP contribution in [0.4, 0.5) is 0 Å². The molecule has 0 aromatic rings. The third kappa shape index (κ3) is 2610. The van der Waals surface area contributed by atoms with Crippen molar-refractivity contribution in [2.45, 2.75) is 3.25 Å². The highest BCUT2D eigenvalue weighted by atomic mass is 35.6. The number of hydrogen-bond acceptors (Lipinski definition) is 2. The van der Waals surface area contributed by atoms with Gasteiger partial charge in [0, 0.05) is 0 Å². The minimum absolute atomic E-state index is 1.50. The van der Waals surface area contributed by atoms with E-state index in [1.807, 2.05) is 0 Å². The summed E-state index contributed by atoms with van der Waals surface area (Å²) in [6.45, 7) is 0. The first-order valence-electron chi connectivity index (χ1n) is 1.32. The van der Waals surface area contributed by atoms with Gasteiger partial charge in [-0.05, 0) is 0 Å². The number of alkyl halides is 4. The Kier molecular flexibility index (Phi) is 6.94. The first-order valence-corrected chi connectivity index (χ1v) is 2.83. The highest BCUT2D eigenvalue weighted by molar-refractivity contribution is 6.83. The molecular formula is CHCl4NO3. The molecule has 0 aromatic heterocycles. The molecule has 0 amide bonds. The molecule has 4 nitrogen and oxygen atoms in total. The molecule has 0 atom stereocenters. The minimum atomic E-state index is -1.61. The molecule has 0 aliphatic heterocycles. The topological polar surface area (TPSA) is 63.4 Å². The van der Waals surface area contributed by atoms with Gasteiger partial charge in [-0.25, -0.2) is 0 Å². The van der Waals surface area contributed by atoms with Gasteiger partial charge < -0.3 is 5.21 Å². The van der Waals surface area contributed by atoms with Crippen LogP contribution < -0.4 is 0 Å². The molecular weight excluding hydrogens is 216 g/mol. The van der Waals surface area contributed by atoms with E-state index in [0.717, 1.165) is 0 Å². The van der Waals surface area contributed by atoms with Gasteiger partial charge >= 0.3 is 0 Å². The molecule has 56 valence electrons. The van der Waals surface area contributed by atoms with E-state index in [-0.39, 0.29) is 0 Å². The summed E-state index contributed by atoms with van der Waals surface area (Å²) in [5.41, 5.74) is 0. The maximum atomic E-state index is 8.36. The zero-order valence-corrected chi connectivity index (χ0v) is 6.75. The van der Waals surface area contributed by atoms with Crippen molar-refractivity contribution in [2.75, 3.05) is 0 Å². The Labute approximate surface area is 70.4 Å². The lowest BCUT2D eigenvalue weighted by molar-refractivity contribution is -0.742. The second-order valence-corrected chi connectivity index (χ2v) is 4.09. The van der Waals surface area contributed by atoms with Crippen molar-refractivity contribution in [1.29, 1.82) is 0 Å². The molecule has 1 N–H and O–H groups in total. The van der Waals surface area contributed by atoms with Crippen molar-refractivity contribution in [3.05, 3.63) is 10.1 Å². The van der Waals surface area contributed by atoms with Crippen molar-refractivity contribution >= 4 is 46.4 Å². The maximum Gasteiger partial charge on any atom is 0.291 e. The van der Waals surface area contributed by atoms with E-state index in [1.54, 1.807) is 0 Å². The van der Waals surface area contributed by atoms with E-state index in [0.29, 0.717) is 0 Å². The van der Waals surface area contributed by atoms with Gasteiger partial charge in [-0.2, -0.15) is 0 Å². The smallest absolute Gasteiger partial charge is 0.291 e. The molecule has 0 spiro atoms. The predicted molar refractivity (Wildman–Crippen MR) is 34.9 cm³/mol. The predicted octanol–water partition coefficient (Wildman–Crippen LogP) is 2.21. The van der Waals surface area contributed by atoms with Gasteiger partial charge in [0.15, 0.2) is 0 Å². The second-order valence-electron chi connectivity index (χ2n) is 0.666. The van der Waals surface area contributed by atoms with Crippen molar-refractivity contribution in [3.63, 3.8) is 0 Å². The van der Waals surface area contributed by atoms with Crippen LogP contribution in [0.5, 0.6) is 0 Å². The fourth-order valence-electron chi connectivity index (χ4n) is 0. The number of hydrogen-bond donors (Lipinski definition) is 1. The zero-order valence-electron chi connectivity index (χ0n) is 3.72. The van der Waals surface area contributed by atoms with E-state index in [9.17, 15) is 0 Å². The average Bonchev–Trinajstić information content (AvgIpc) is 1.19. The van der Waals surface area contributed by atoms with Gasteiger partial charge in [-0.1, -0.05) is 46.4 Å². The molecule has 0 rings (SSSR count). The van der Waals surface area contributed by atoms with E-state index < -0.39 is 8.34 Å². The van der Waals surface area contributed by atoms with Gasteiger partial charge in [0.05, 0.1) is 0 Å². The Morgan fingerprint density at radius 1 is 1.33 bits per heavy atom. The van der Waals surface area contributed by atoms with E-state index in [4.69, 9.17) is 61.7 Å². The van der Waals surface area contributed by atoms with Crippen molar-refractivity contribution < 1.29 is 10.3 Å². The quantitative estimate of drug-likeness (QED) is 0.384. The van der Waals surface area contributed by atoms with E-state index in [2.05, 4.69) is 0 Å². The molecule has 0 unspecified atom stereocenters. The third-order valence-electron chi connectivity index (χ3n) is 0. The summed E-state index contributed by atoms with van der Waals surface area (Å²) in [5, 5.41) is 13.6. The van der Waals surface area contributed by atoms with Crippen LogP contribution in [0, 0.1) is 10.1 Å². The monoisotopic (exact) mass is 215 g/mol. The summed E-state index contributed by atoms with van der Waals surface area (Å²) in [5.74, 6) is 0. The summed E-state index contributed by atoms with van der Waals surface area (Å²) in [6, 6.07) is 0. The molecule has 0 aliphatic rings. The maximum absolute atomic E-state index is 8.36. The van der Waals surface area contributed by atoms with Gasteiger partial charge in [-0.3, -0.25) is 0 Å². The molecule has 0 saturated heterocycles. The Balaban J connectivity index is 0. The summed E-state index contributed by atoms with van der Waals surface area (Å²) in [7, 11) is 0. The highest BCUT2D eigenvalue weighted by Crippen LogP contribution is 2.29. The summed E-state index contributed by atoms with van der Waals surface area (Å²) in [4.78, 5) is 8.36. The molecule has 8 heteroatoms. The zero-order chi connectivity index (χ0) is 8.08. The molecule has 0 fully saturated rings. The standard InChI is InChI=1S/CCl4.HNO3/c2-1(3,4)5;2-1(3)4/h;(H,2,3,4). The van der Waals surface area contributed by atoms with Crippen LogP contribution in [-0.2, 0) is 0 Å². The Hall–Kier alpha value is 0.360. The third-order valence-corrected chi connectivity index (χ3v) is 0. The summed E-state index contributed by atoms with van der Waals surface area (Å²) in [6.07, 6.45) is 0. The van der Waals surface area contributed by atoms with Crippen LogP contribution in [0.1, 0.15) is 0 Å². The van der Waals surface area contributed by atoms with Crippen LogP contribution in [0.3, 0.4) is 0 Å². The van der Waals surface area contributed by atoms with E-state index in [1.165, 1.54) is 0 Å². The first-order chi connectivity index (χ1) is 3.73. The SMILES string of the molecule is ClC(Cl)(Cl)Cl.O=[N+]([O-])O. The van der Waals surface area contributed by atoms with Gasteiger partial charge in [-0.15, -0.1) is 10.1 Å². The van der Waals surface area contributed by atoms with Crippen molar-refractivity contribution in [3.8, 4) is 0 Å². The lowest BCUT2D eigenvalue weighted by Gasteiger charge is -1.91. The van der Waals surface area contributed by atoms with Gasteiger partial charge in [0.2, 0.25) is 0 Å². The number of nitrogens with zero attached hydrogens (tertiary/aromatic N) is 1. The Morgan fingerprint density at radius 2 is 1.33 bits per heavy atom. The van der Waals surface area contributed by atoms with Crippen LogP contribution in [0.25, 0.3) is 0 Å². The molecule has 0 radical (unpaired) electrons. The van der Waals surface area contributed by atoms with Crippen molar-refractivity contribution in [1.82, 2.24) is 0 Å². The normalized spacial score (nSPS) is 9.33. The lowest BCUT2D eigenvalue weighted by Crippen LogP contribution is -1.81. The van der Waals surface area contributed by atoms with E-state index >= 15 is 0 Å². The Morgan fingerprint density at radius 3 is 1.33 bits per heavy atom. The fraction of sp³-hybridized carbons (Fsp3) is 1.00. The highest BCUT2D eigenvalue weighted by Gasteiger charge is 2.11. The van der Waals surface area contributed by atoms with Crippen LogP contribution in [0.2, 0.25) is 0 Å². The largest absolute Gasteiger partial charge is 0.328 e. The van der Waals surface area contributed by atoms with Gasteiger partial charge in [0.1, 0.15) is 0 Å². The first kappa shape index (κ1) is 12.1. The summed E-state index contributed by atoms with van der Waals surface area (Å²) < 4.78 is -1.61. The molecule has 0 bridgehead atoms. The summed E-state index contributed by atoms with van der Waals surface area (Å²) >= 11 is 19.3. The molecule has 0 heterocycles. The number of rotatable bonds is 0. The van der Waals surface area contributed by atoms with Gasteiger partial charge in [0.25, 0.3) is 8.34 Å². The number of halogens is 4.